The van der Waals surface area contributed by atoms with Gasteiger partial charge in [0.15, 0.2) is 0 Å². The molecule has 104 valence electrons. The number of hydrogen-bond acceptors (Lipinski definition) is 1. The first-order chi connectivity index (χ1) is 7.53. The second kappa shape index (κ2) is 7.00. The fourth-order valence-corrected chi connectivity index (χ4v) is 2.79. The highest BCUT2D eigenvalue weighted by Gasteiger charge is 2.38. The molecule has 0 rings (SSSR count). The zero-order chi connectivity index (χ0) is 13.7. The van der Waals surface area contributed by atoms with E-state index in [0.717, 1.165) is 0 Å². The van der Waals surface area contributed by atoms with E-state index in [0.29, 0.717) is 0 Å². The van der Waals surface area contributed by atoms with Gasteiger partial charge >= 0.3 is 12.4 Å². The van der Waals surface area contributed by atoms with Crippen LogP contribution >= 0.6 is 19.5 Å². The minimum absolute atomic E-state index is 0.0290. The summed E-state index contributed by atoms with van der Waals surface area (Å²) in [5.74, 6) is 0.0290. The smallest absolute Gasteiger partial charge is 0.373 e. The molecule has 0 bridgehead atoms. The van der Waals surface area contributed by atoms with E-state index in [1.807, 2.05) is 0 Å². The van der Waals surface area contributed by atoms with Gasteiger partial charge in [0.05, 0.1) is 24.8 Å². The molecule has 1 nitrogen and oxygen atoms in total. The van der Waals surface area contributed by atoms with Crippen molar-refractivity contribution in [2.75, 3.05) is 24.6 Å². The van der Waals surface area contributed by atoms with Gasteiger partial charge in [-0.05, 0) is 6.92 Å². The summed E-state index contributed by atoms with van der Waals surface area (Å²) in [6, 6.07) is 0. The Hall–Kier alpha value is 0.260. The van der Waals surface area contributed by atoms with Crippen molar-refractivity contribution in [3.63, 3.8) is 0 Å². The molecule has 0 N–H and O–H groups in total. The zero-order valence-corrected chi connectivity index (χ0v) is 10.6. The minimum atomic E-state index is -4.61. The van der Waals surface area contributed by atoms with Crippen molar-refractivity contribution in [2.24, 2.45) is 0 Å². The first-order valence-electron chi connectivity index (χ1n) is 4.57. The van der Waals surface area contributed by atoms with Gasteiger partial charge in [0.25, 0.3) is 0 Å². The summed E-state index contributed by atoms with van der Waals surface area (Å²) in [6.07, 6.45) is -13.2. The van der Waals surface area contributed by atoms with Crippen LogP contribution in [0.25, 0.3) is 0 Å². The molecule has 0 aromatic heterocycles. The lowest BCUT2D eigenvalue weighted by molar-refractivity contribution is -0.112. The van der Waals surface area contributed by atoms with Crippen LogP contribution in [0.15, 0.2) is 0 Å². The van der Waals surface area contributed by atoms with E-state index in [-0.39, 0.29) is 5.88 Å². The van der Waals surface area contributed by atoms with Crippen LogP contribution in [0, 0.1) is 0 Å². The maximum atomic E-state index is 12.1. The number of alkyl halides is 7. The third kappa shape index (κ3) is 11.1. The summed E-state index contributed by atoms with van der Waals surface area (Å²) >= 11 is 5.34. The first kappa shape index (κ1) is 17.3. The zero-order valence-electron chi connectivity index (χ0n) is 8.91. The summed E-state index contributed by atoms with van der Waals surface area (Å²) < 4.78 is 77.2. The molecule has 0 aromatic rings. The van der Waals surface area contributed by atoms with E-state index >= 15 is 0 Å². The molecule has 1 atom stereocenters. The lowest BCUT2D eigenvalue weighted by Gasteiger charge is -2.22. The molecule has 17 heavy (non-hydrogen) atoms. The van der Waals surface area contributed by atoms with Crippen molar-refractivity contribution in [1.29, 1.82) is 0 Å². The van der Waals surface area contributed by atoms with Crippen LogP contribution in [0.4, 0.5) is 26.3 Å². The fourth-order valence-electron chi connectivity index (χ4n) is 0.931. The van der Waals surface area contributed by atoms with Crippen molar-refractivity contribution in [2.45, 2.75) is 25.4 Å². The normalized spacial score (nSPS) is 15.4. The maximum absolute atomic E-state index is 12.1. The molecule has 0 aliphatic carbocycles. The average Bonchev–Trinajstić information content (AvgIpc) is 2.08. The van der Waals surface area contributed by atoms with Crippen LogP contribution in [0.1, 0.15) is 6.92 Å². The van der Waals surface area contributed by atoms with Gasteiger partial charge in [0.1, 0.15) is 0 Å². The van der Waals surface area contributed by atoms with E-state index in [9.17, 15) is 26.3 Å². The van der Waals surface area contributed by atoms with Crippen molar-refractivity contribution in [3.8, 4) is 0 Å². The van der Waals surface area contributed by atoms with Gasteiger partial charge in [-0.3, -0.25) is 0 Å². The van der Waals surface area contributed by atoms with E-state index in [4.69, 9.17) is 16.3 Å². The molecule has 0 radical (unpaired) electrons. The standard InChI is InChI=1S/C8H12ClF6OP/c1-6(2-9)16-5-17(3-7(10,11)12)4-8(13,14)15/h6H,2-5H2,1H3. The van der Waals surface area contributed by atoms with Crippen LogP contribution in [-0.2, 0) is 4.74 Å². The molecule has 0 spiro atoms. The second-order valence-corrected chi connectivity index (χ2v) is 6.02. The lowest BCUT2D eigenvalue weighted by atomic mass is 10.5. The van der Waals surface area contributed by atoms with Gasteiger partial charge in [-0.15, -0.1) is 11.6 Å². The molecule has 0 aliphatic heterocycles. The number of rotatable bonds is 6. The maximum Gasteiger partial charge on any atom is 0.392 e. The van der Waals surface area contributed by atoms with Crippen LogP contribution in [0.2, 0.25) is 0 Å². The van der Waals surface area contributed by atoms with Gasteiger partial charge in [-0.2, -0.15) is 26.3 Å². The molecule has 0 aliphatic rings. The molecule has 0 aromatic carbocycles. The van der Waals surface area contributed by atoms with E-state index in [1.54, 1.807) is 0 Å². The summed E-state index contributed by atoms with van der Waals surface area (Å²) in [5, 5.41) is 0. The predicted molar refractivity (Wildman–Crippen MR) is 54.9 cm³/mol. The third-order valence-corrected chi connectivity index (χ3v) is 4.13. The van der Waals surface area contributed by atoms with Crippen molar-refractivity contribution < 1.29 is 31.1 Å². The quantitative estimate of drug-likeness (QED) is 0.406. The molecule has 0 saturated heterocycles. The highest BCUT2D eigenvalue weighted by atomic mass is 35.5. The summed E-state index contributed by atoms with van der Waals surface area (Å²) in [6.45, 7) is 1.49. The van der Waals surface area contributed by atoms with Crippen LogP contribution in [0.5, 0.6) is 0 Å². The average molecular weight is 305 g/mol. The Morgan fingerprint density at radius 2 is 1.47 bits per heavy atom. The van der Waals surface area contributed by atoms with Gasteiger partial charge in [0, 0.05) is 5.88 Å². The van der Waals surface area contributed by atoms with Crippen LogP contribution in [-0.4, -0.2) is 43.0 Å². The van der Waals surface area contributed by atoms with Crippen LogP contribution in [0.3, 0.4) is 0 Å². The molecule has 0 heterocycles. The Labute approximate surface area is 101 Å². The van der Waals surface area contributed by atoms with Gasteiger partial charge in [-0.1, -0.05) is 7.92 Å². The Bertz CT molecular complexity index is 203. The fraction of sp³-hybridized carbons (Fsp3) is 1.00. The molecule has 0 fully saturated rings. The van der Waals surface area contributed by atoms with Gasteiger partial charge < -0.3 is 4.74 Å². The Morgan fingerprint density at radius 1 is 1.06 bits per heavy atom. The number of ether oxygens (including phenoxy) is 1. The first-order valence-corrected chi connectivity index (χ1v) is 7.00. The number of hydrogen-bond donors (Lipinski definition) is 0. The monoisotopic (exact) mass is 304 g/mol. The molecule has 9 heteroatoms. The third-order valence-electron chi connectivity index (χ3n) is 1.56. The molecule has 1 unspecified atom stereocenters. The largest absolute Gasteiger partial charge is 0.392 e. The summed E-state index contributed by atoms with van der Waals surface area (Å²) in [7, 11) is -2.31. The van der Waals surface area contributed by atoms with Crippen molar-refractivity contribution >= 4 is 19.5 Å². The van der Waals surface area contributed by atoms with Gasteiger partial charge in [-0.25, -0.2) is 0 Å². The predicted octanol–water partition coefficient (Wildman–Crippen LogP) is 4.19. The summed E-state index contributed by atoms with van der Waals surface area (Å²) in [5.41, 5.74) is 0. The number of halogens is 7. The topological polar surface area (TPSA) is 9.23 Å². The van der Waals surface area contributed by atoms with E-state index in [1.165, 1.54) is 6.92 Å². The SMILES string of the molecule is CC(CCl)OCP(CC(F)(F)F)CC(F)(F)F. The Kier molecular flexibility index (Phi) is 7.11. The highest BCUT2D eigenvalue weighted by molar-refractivity contribution is 7.57. The van der Waals surface area contributed by atoms with E-state index in [2.05, 4.69) is 0 Å². The molecule has 0 amide bonds. The van der Waals surface area contributed by atoms with Crippen LogP contribution < -0.4 is 0 Å². The lowest BCUT2D eigenvalue weighted by Crippen LogP contribution is -2.23. The second-order valence-electron chi connectivity index (χ2n) is 3.48. The Morgan fingerprint density at radius 3 is 1.76 bits per heavy atom. The Balaban J connectivity index is 4.31. The minimum Gasteiger partial charge on any atom is -0.373 e. The van der Waals surface area contributed by atoms with Gasteiger partial charge in [0.2, 0.25) is 0 Å². The van der Waals surface area contributed by atoms with Crippen molar-refractivity contribution in [1.82, 2.24) is 0 Å². The highest BCUT2D eigenvalue weighted by Crippen LogP contribution is 2.45. The molecule has 0 saturated carbocycles. The van der Waals surface area contributed by atoms with E-state index < -0.39 is 45.0 Å². The molecular weight excluding hydrogens is 293 g/mol. The summed E-state index contributed by atoms with van der Waals surface area (Å²) in [4.78, 5) is 0. The molecular formula is C8H12ClF6OP. The van der Waals surface area contributed by atoms with Crippen molar-refractivity contribution in [3.05, 3.63) is 0 Å².